The largest absolute Gasteiger partial charge is 0.493 e. The standard InChI is InChI=1S/C24H26N2O4/c1-26(28-2)24(27)25-21-9-6-10-23(17-21)29-16-15-19-11-13-22(14-12-19)30-18-20-7-4-3-5-8-20/h3-14,17H,15-16,18H2,1-2H3,(H,25,27). The Hall–Kier alpha value is -3.51. The summed E-state index contributed by atoms with van der Waals surface area (Å²) in [5.41, 5.74) is 2.94. The van der Waals surface area contributed by atoms with E-state index in [1.54, 1.807) is 12.1 Å². The molecule has 1 N–H and O–H groups in total. The number of nitrogens with zero attached hydrogens (tertiary/aromatic N) is 1. The minimum Gasteiger partial charge on any atom is -0.493 e. The van der Waals surface area contributed by atoms with Crippen molar-refractivity contribution in [3.05, 3.63) is 90.0 Å². The van der Waals surface area contributed by atoms with Gasteiger partial charge in [0.25, 0.3) is 0 Å². The summed E-state index contributed by atoms with van der Waals surface area (Å²) in [6, 6.07) is 25.0. The van der Waals surface area contributed by atoms with Gasteiger partial charge in [0, 0.05) is 25.2 Å². The molecule has 0 aromatic heterocycles. The van der Waals surface area contributed by atoms with Gasteiger partial charge in [0.1, 0.15) is 18.1 Å². The first kappa shape index (κ1) is 21.2. The normalized spacial score (nSPS) is 10.3. The topological polar surface area (TPSA) is 60.0 Å². The third-order valence-corrected chi connectivity index (χ3v) is 4.48. The van der Waals surface area contributed by atoms with Crippen LogP contribution >= 0.6 is 0 Å². The van der Waals surface area contributed by atoms with Crippen molar-refractivity contribution in [3.8, 4) is 11.5 Å². The molecule has 0 aliphatic heterocycles. The quantitative estimate of drug-likeness (QED) is 0.513. The molecular weight excluding hydrogens is 380 g/mol. The number of carbonyl (C=O) groups is 1. The molecule has 0 radical (unpaired) electrons. The van der Waals surface area contributed by atoms with Crippen molar-refractivity contribution in [1.29, 1.82) is 0 Å². The van der Waals surface area contributed by atoms with E-state index in [9.17, 15) is 4.79 Å². The number of anilines is 1. The Labute approximate surface area is 177 Å². The molecule has 0 unspecified atom stereocenters. The molecule has 3 aromatic carbocycles. The fraction of sp³-hybridized carbons (Fsp3) is 0.208. The lowest BCUT2D eigenvalue weighted by atomic mass is 10.1. The molecule has 0 bridgehead atoms. The fourth-order valence-corrected chi connectivity index (χ4v) is 2.73. The van der Waals surface area contributed by atoms with Crippen LogP contribution in [0.15, 0.2) is 78.9 Å². The molecule has 0 heterocycles. The zero-order valence-corrected chi connectivity index (χ0v) is 17.2. The molecule has 3 rings (SSSR count). The highest BCUT2D eigenvalue weighted by Gasteiger charge is 2.08. The number of rotatable bonds is 9. The number of carbonyl (C=O) groups excluding carboxylic acids is 1. The molecule has 0 aliphatic carbocycles. The van der Waals surface area contributed by atoms with Crippen LogP contribution in [0.5, 0.6) is 11.5 Å². The van der Waals surface area contributed by atoms with Gasteiger partial charge in [-0.25, -0.2) is 9.86 Å². The summed E-state index contributed by atoms with van der Waals surface area (Å²) in [4.78, 5) is 16.7. The summed E-state index contributed by atoms with van der Waals surface area (Å²) in [5.74, 6) is 1.53. The van der Waals surface area contributed by atoms with Crippen molar-refractivity contribution in [2.75, 3.05) is 26.1 Å². The number of benzene rings is 3. The highest BCUT2D eigenvalue weighted by molar-refractivity contribution is 5.88. The van der Waals surface area contributed by atoms with Gasteiger partial charge < -0.3 is 14.8 Å². The summed E-state index contributed by atoms with van der Waals surface area (Å²) in [5, 5.41) is 3.85. The fourth-order valence-electron chi connectivity index (χ4n) is 2.73. The van der Waals surface area contributed by atoms with E-state index in [1.807, 2.05) is 66.7 Å². The minimum atomic E-state index is -0.357. The van der Waals surface area contributed by atoms with Crippen molar-refractivity contribution >= 4 is 11.7 Å². The number of hydroxylamine groups is 2. The van der Waals surface area contributed by atoms with E-state index in [-0.39, 0.29) is 6.03 Å². The Bertz CT molecular complexity index is 929. The van der Waals surface area contributed by atoms with Crippen LogP contribution in [0.1, 0.15) is 11.1 Å². The molecule has 0 fully saturated rings. The number of amides is 2. The second-order valence-corrected chi connectivity index (χ2v) is 6.65. The molecule has 2 amide bonds. The van der Waals surface area contributed by atoms with Gasteiger partial charge in [-0.15, -0.1) is 0 Å². The van der Waals surface area contributed by atoms with Gasteiger partial charge in [-0.1, -0.05) is 48.5 Å². The van der Waals surface area contributed by atoms with E-state index < -0.39 is 0 Å². The number of nitrogens with one attached hydrogen (secondary N) is 1. The zero-order valence-electron chi connectivity index (χ0n) is 17.2. The van der Waals surface area contributed by atoms with Crippen LogP contribution in [0.3, 0.4) is 0 Å². The van der Waals surface area contributed by atoms with Crippen molar-refractivity contribution in [2.45, 2.75) is 13.0 Å². The molecule has 6 nitrogen and oxygen atoms in total. The predicted molar refractivity (Wildman–Crippen MR) is 117 cm³/mol. The first-order valence-corrected chi connectivity index (χ1v) is 9.71. The van der Waals surface area contributed by atoms with Crippen LogP contribution in [0.25, 0.3) is 0 Å². The van der Waals surface area contributed by atoms with Crippen molar-refractivity contribution < 1.29 is 19.1 Å². The van der Waals surface area contributed by atoms with Gasteiger partial charge >= 0.3 is 6.03 Å². The highest BCUT2D eigenvalue weighted by Crippen LogP contribution is 2.19. The molecule has 0 saturated carbocycles. The van der Waals surface area contributed by atoms with E-state index in [1.165, 1.54) is 14.2 Å². The lowest BCUT2D eigenvalue weighted by molar-refractivity contribution is -0.0598. The SMILES string of the molecule is CON(C)C(=O)Nc1cccc(OCCc2ccc(OCc3ccccc3)cc2)c1. The van der Waals surface area contributed by atoms with E-state index in [2.05, 4.69) is 5.32 Å². The van der Waals surface area contributed by atoms with E-state index >= 15 is 0 Å². The summed E-state index contributed by atoms with van der Waals surface area (Å²) < 4.78 is 11.6. The average molecular weight is 406 g/mol. The smallest absolute Gasteiger partial charge is 0.345 e. The van der Waals surface area contributed by atoms with E-state index in [0.717, 1.165) is 28.4 Å². The predicted octanol–water partition coefficient (Wildman–Crippen LogP) is 4.91. The maximum absolute atomic E-state index is 11.8. The van der Waals surface area contributed by atoms with Gasteiger partial charge in [-0.05, 0) is 35.4 Å². The summed E-state index contributed by atoms with van der Waals surface area (Å²) in [6.07, 6.45) is 0.766. The Balaban J connectivity index is 1.45. The van der Waals surface area contributed by atoms with Crippen LogP contribution < -0.4 is 14.8 Å². The van der Waals surface area contributed by atoms with Crippen LogP contribution in [0.2, 0.25) is 0 Å². The summed E-state index contributed by atoms with van der Waals surface area (Å²) in [7, 11) is 2.97. The van der Waals surface area contributed by atoms with E-state index in [0.29, 0.717) is 24.7 Å². The molecule has 0 atom stereocenters. The summed E-state index contributed by atoms with van der Waals surface area (Å²) in [6.45, 7) is 1.08. The number of urea groups is 1. The molecule has 30 heavy (non-hydrogen) atoms. The third-order valence-electron chi connectivity index (χ3n) is 4.48. The molecule has 0 saturated heterocycles. The lowest BCUT2D eigenvalue weighted by Crippen LogP contribution is -2.30. The number of hydrogen-bond donors (Lipinski definition) is 1. The molecule has 0 spiro atoms. The molecule has 3 aromatic rings. The van der Waals surface area contributed by atoms with Gasteiger partial charge in [0.2, 0.25) is 0 Å². The van der Waals surface area contributed by atoms with Crippen LogP contribution in [0, 0.1) is 0 Å². The average Bonchev–Trinajstić information content (AvgIpc) is 2.79. The first-order chi connectivity index (χ1) is 14.6. The molecular formula is C24H26N2O4. The second kappa shape index (κ2) is 10.9. The molecule has 6 heteroatoms. The van der Waals surface area contributed by atoms with Gasteiger partial charge in [0.05, 0.1) is 13.7 Å². The maximum atomic E-state index is 11.8. The van der Waals surface area contributed by atoms with Gasteiger partial charge in [-0.3, -0.25) is 4.84 Å². The summed E-state index contributed by atoms with van der Waals surface area (Å²) >= 11 is 0. The Morgan fingerprint density at radius 1 is 0.867 bits per heavy atom. The van der Waals surface area contributed by atoms with Crippen LogP contribution in [-0.2, 0) is 17.9 Å². The highest BCUT2D eigenvalue weighted by atomic mass is 16.7. The Kier molecular flexibility index (Phi) is 7.69. The van der Waals surface area contributed by atoms with Crippen molar-refractivity contribution in [1.82, 2.24) is 5.06 Å². The Morgan fingerprint density at radius 2 is 1.63 bits per heavy atom. The van der Waals surface area contributed by atoms with Gasteiger partial charge in [0.15, 0.2) is 0 Å². The lowest BCUT2D eigenvalue weighted by Gasteiger charge is -2.15. The van der Waals surface area contributed by atoms with Gasteiger partial charge in [-0.2, -0.15) is 0 Å². The molecule has 156 valence electrons. The Morgan fingerprint density at radius 3 is 2.37 bits per heavy atom. The molecule has 0 aliphatic rings. The second-order valence-electron chi connectivity index (χ2n) is 6.65. The maximum Gasteiger partial charge on any atom is 0.345 e. The zero-order chi connectivity index (χ0) is 21.2. The first-order valence-electron chi connectivity index (χ1n) is 9.71. The van der Waals surface area contributed by atoms with Crippen LogP contribution in [-0.4, -0.2) is 31.9 Å². The number of ether oxygens (including phenoxy) is 2. The number of hydrogen-bond acceptors (Lipinski definition) is 4. The van der Waals surface area contributed by atoms with Crippen molar-refractivity contribution in [3.63, 3.8) is 0 Å². The monoisotopic (exact) mass is 406 g/mol. The van der Waals surface area contributed by atoms with E-state index in [4.69, 9.17) is 14.3 Å². The van der Waals surface area contributed by atoms with Crippen LogP contribution in [0.4, 0.5) is 10.5 Å². The van der Waals surface area contributed by atoms with Crippen molar-refractivity contribution in [2.24, 2.45) is 0 Å². The minimum absolute atomic E-state index is 0.357. The third kappa shape index (κ3) is 6.53.